The van der Waals surface area contributed by atoms with Crippen molar-refractivity contribution in [3.63, 3.8) is 0 Å². The number of carbonyl (C=O) groups is 2. The Kier molecular flexibility index (Phi) is 7.90. The van der Waals surface area contributed by atoms with Crippen LogP contribution in [0.15, 0.2) is 65.1 Å². The van der Waals surface area contributed by atoms with E-state index in [9.17, 15) is 14.0 Å². The van der Waals surface area contributed by atoms with E-state index in [2.05, 4.69) is 24.1 Å². The molecular formula is C30H31FN4O3. The molecule has 0 aliphatic heterocycles. The fourth-order valence-corrected chi connectivity index (χ4v) is 4.55. The molecule has 1 aromatic heterocycles. The highest BCUT2D eigenvalue weighted by Crippen LogP contribution is 2.41. The third kappa shape index (κ3) is 5.29. The average Bonchev–Trinajstić information content (AvgIpc) is 3.30. The summed E-state index contributed by atoms with van der Waals surface area (Å²) in [6, 6.07) is 17.0. The summed E-state index contributed by atoms with van der Waals surface area (Å²) in [7, 11) is 0. The van der Waals surface area contributed by atoms with Gasteiger partial charge in [-0.15, -0.1) is 0 Å². The molecule has 0 saturated heterocycles. The summed E-state index contributed by atoms with van der Waals surface area (Å²) < 4.78 is 19.9. The number of nitrogens with zero attached hydrogens (tertiary/aromatic N) is 1. The van der Waals surface area contributed by atoms with Crippen molar-refractivity contribution in [2.75, 3.05) is 24.5 Å². The van der Waals surface area contributed by atoms with E-state index in [1.807, 2.05) is 18.2 Å². The van der Waals surface area contributed by atoms with Crippen molar-refractivity contribution in [3.05, 3.63) is 77.6 Å². The number of nitrogens with one attached hydrogen (secondary N) is 2. The molecule has 0 fully saturated rings. The largest absolute Gasteiger partial charge is 0.455 e. The highest BCUT2D eigenvalue weighted by molar-refractivity contribution is 6.13. The first kappa shape index (κ1) is 26.6. The summed E-state index contributed by atoms with van der Waals surface area (Å²) in [6.45, 7) is 7.34. The minimum absolute atomic E-state index is 0.0383. The normalized spacial score (nSPS) is 10.9. The Hall–Kier alpha value is -4.46. The van der Waals surface area contributed by atoms with E-state index in [0.717, 1.165) is 29.9 Å². The summed E-state index contributed by atoms with van der Waals surface area (Å²) in [4.78, 5) is 28.0. The van der Waals surface area contributed by atoms with Crippen LogP contribution in [0.3, 0.4) is 0 Å². The zero-order valence-corrected chi connectivity index (χ0v) is 21.7. The van der Waals surface area contributed by atoms with Gasteiger partial charge in [-0.05, 0) is 61.9 Å². The number of nitrogens with two attached hydrogens (primary N) is 1. The lowest BCUT2D eigenvalue weighted by atomic mass is 9.95. The Balaban J connectivity index is 1.95. The predicted molar refractivity (Wildman–Crippen MR) is 149 cm³/mol. The molecule has 1 heterocycles. The second-order valence-corrected chi connectivity index (χ2v) is 8.92. The zero-order valence-electron chi connectivity index (χ0n) is 21.7. The number of anilines is 1. The number of carbonyl (C=O) groups excluding carboxylic acids is 2. The summed E-state index contributed by atoms with van der Waals surface area (Å²) in [5.41, 5.74) is 9.99. The van der Waals surface area contributed by atoms with E-state index in [1.165, 1.54) is 12.1 Å². The number of Topliss-reactive ketones (excluding diaryl/α,β-unsaturated/α-hetero) is 1. The molecule has 0 spiro atoms. The number of amidine groups is 1. The topological polar surface area (TPSA) is 112 Å². The fraction of sp³-hybridized carbons (Fsp3) is 0.233. The van der Waals surface area contributed by atoms with Crippen molar-refractivity contribution in [2.24, 2.45) is 5.73 Å². The number of ketones is 1. The van der Waals surface area contributed by atoms with Crippen LogP contribution in [0, 0.1) is 11.2 Å². The summed E-state index contributed by atoms with van der Waals surface area (Å²) >= 11 is 0. The van der Waals surface area contributed by atoms with Crippen molar-refractivity contribution in [1.82, 2.24) is 5.32 Å². The zero-order chi connectivity index (χ0) is 27.4. The number of rotatable bonds is 10. The summed E-state index contributed by atoms with van der Waals surface area (Å²) in [6.07, 6.45) is 0.280. The van der Waals surface area contributed by atoms with Crippen molar-refractivity contribution < 1.29 is 18.4 Å². The van der Waals surface area contributed by atoms with Crippen LogP contribution in [0.2, 0.25) is 0 Å². The van der Waals surface area contributed by atoms with Gasteiger partial charge >= 0.3 is 0 Å². The highest BCUT2D eigenvalue weighted by Gasteiger charge is 2.24. The Morgan fingerprint density at radius 1 is 1.00 bits per heavy atom. The average molecular weight is 515 g/mol. The molecule has 0 saturated carbocycles. The smallest absolute Gasteiger partial charge is 0.251 e. The number of fused-ring (bicyclic) bond motifs is 1. The third-order valence-corrected chi connectivity index (χ3v) is 6.49. The van der Waals surface area contributed by atoms with Gasteiger partial charge in [0, 0.05) is 53.3 Å². The van der Waals surface area contributed by atoms with E-state index in [0.29, 0.717) is 33.4 Å². The predicted octanol–water partition coefficient (Wildman–Crippen LogP) is 6.01. The lowest BCUT2D eigenvalue weighted by molar-refractivity contribution is 0.0957. The molecule has 0 bridgehead atoms. The molecule has 0 atom stereocenters. The van der Waals surface area contributed by atoms with Gasteiger partial charge in [0.2, 0.25) is 0 Å². The number of amides is 1. The molecule has 4 N–H and O–H groups in total. The first-order valence-electron chi connectivity index (χ1n) is 12.6. The Bertz CT molecular complexity index is 1500. The van der Waals surface area contributed by atoms with Crippen molar-refractivity contribution in [2.45, 2.75) is 27.2 Å². The lowest BCUT2D eigenvalue weighted by Gasteiger charge is -2.24. The third-order valence-electron chi connectivity index (χ3n) is 6.49. The first-order valence-corrected chi connectivity index (χ1v) is 12.6. The quantitative estimate of drug-likeness (QED) is 0.136. The van der Waals surface area contributed by atoms with Crippen molar-refractivity contribution in [3.8, 4) is 22.5 Å². The van der Waals surface area contributed by atoms with Crippen LogP contribution in [0.1, 0.15) is 47.9 Å². The number of furan rings is 1. The maximum absolute atomic E-state index is 13.6. The summed E-state index contributed by atoms with van der Waals surface area (Å²) in [5, 5.41) is 10.7. The van der Waals surface area contributed by atoms with Crippen molar-refractivity contribution in [1.29, 1.82) is 5.41 Å². The van der Waals surface area contributed by atoms with Crippen LogP contribution in [-0.2, 0) is 0 Å². The van der Waals surface area contributed by atoms with E-state index >= 15 is 0 Å². The van der Waals surface area contributed by atoms with E-state index in [1.54, 1.807) is 37.3 Å². The van der Waals surface area contributed by atoms with Crippen LogP contribution in [-0.4, -0.2) is 37.2 Å². The van der Waals surface area contributed by atoms with E-state index < -0.39 is 0 Å². The minimum Gasteiger partial charge on any atom is -0.455 e. The monoisotopic (exact) mass is 514 g/mol. The van der Waals surface area contributed by atoms with Gasteiger partial charge in [-0.2, -0.15) is 0 Å². The SMILES string of the molecule is CCC(=O)c1c(-c2ccc(F)cc2)oc2cc(N(CC)CC)c(-c3cccc(C(=O)NCC(=N)N)c3)cc12. The van der Waals surface area contributed by atoms with Gasteiger partial charge in [-0.3, -0.25) is 15.0 Å². The van der Waals surface area contributed by atoms with E-state index in [4.69, 9.17) is 15.6 Å². The van der Waals surface area contributed by atoms with Crippen LogP contribution in [0.4, 0.5) is 10.1 Å². The Morgan fingerprint density at radius 3 is 2.34 bits per heavy atom. The Labute approximate surface area is 220 Å². The van der Waals surface area contributed by atoms with Gasteiger partial charge in [0.05, 0.1) is 12.1 Å². The second kappa shape index (κ2) is 11.3. The highest BCUT2D eigenvalue weighted by atomic mass is 19.1. The van der Waals surface area contributed by atoms with Crippen LogP contribution in [0.25, 0.3) is 33.4 Å². The van der Waals surface area contributed by atoms with Gasteiger partial charge in [-0.25, -0.2) is 4.39 Å². The van der Waals surface area contributed by atoms with Gasteiger partial charge in [0.15, 0.2) is 5.78 Å². The van der Waals surface area contributed by atoms with Gasteiger partial charge < -0.3 is 20.4 Å². The molecule has 3 aromatic carbocycles. The number of hydrogen-bond donors (Lipinski definition) is 3. The van der Waals surface area contributed by atoms with Gasteiger partial charge in [0.1, 0.15) is 23.0 Å². The molecule has 196 valence electrons. The number of hydrogen-bond acceptors (Lipinski definition) is 5. The Morgan fingerprint density at radius 2 is 1.71 bits per heavy atom. The second-order valence-electron chi connectivity index (χ2n) is 8.92. The standard InChI is InChI=1S/C30H31FN4O3/c1-4-25(36)28-23-15-22(19-8-7-9-20(14-19)30(37)34-17-27(32)33)24(35(5-2)6-3)16-26(23)38-29(28)18-10-12-21(31)13-11-18/h7-16H,4-6,17H2,1-3H3,(H3,32,33)(H,34,37). The van der Waals surface area contributed by atoms with Crippen LogP contribution >= 0.6 is 0 Å². The maximum Gasteiger partial charge on any atom is 0.251 e. The first-order chi connectivity index (χ1) is 18.3. The molecule has 8 heteroatoms. The van der Waals surface area contributed by atoms with Gasteiger partial charge in [-0.1, -0.05) is 19.1 Å². The molecule has 4 aromatic rings. The molecule has 7 nitrogen and oxygen atoms in total. The maximum atomic E-state index is 13.6. The molecule has 38 heavy (non-hydrogen) atoms. The molecule has 4 rings (SSSR count). The lowest BCUT2D eigenvalue weighted by Crippen LogP contribution is -2.32. The summed E-state index contributed by atoms with van der Waals surface area (Å²) in [5.74, 6) is -0.509. The van der Waals surface area contributed by atoms with Crippen molar-refractivity contribution >= 4 is 34.2 Å². The molecular weight excluding hydrogens is 483 g/mol. The van der Waals surface area contributed by atoms with E-state index in [-0.39, 0.29) is 36.3 Å². The molecule has 1 amide bonds. The molecule has 0 radical (unpaired) electrons. The minimum atomic E-state index is -0.369. The molecule has 0 aliphatic rings. The number of halogens is 1. The molecule has 0 aliphatic carbocycles. The molecule has 0 unspecified atom stereocenters. The van der Waals surface area contributed by atoms with Crippen LogP contribution in [0.5, 0.6) is 0 Å². The van der Waals surface area contributed by atoms with Gasteiger partial charge in [0.25, 0.3) is 5.91 Å². The fourth-order valence-electron chi connectivity index (χ4n) is 4.55. The number of benzene rings is 3. The van der Waals surface area contributed by atoms with Crippen LogP contribution < -0.4 is 16.0 Å².